The number of hydrogen-bond acceptors (Lipinski definition) is 9. The topological polar surface area (TPSA) is 132 Å². The first-order valence-corrected chi connectivity index (χ1v) is 9.28. The normalized spacial score (nSPS) is 10.3. The number of carbonyl (C=O) groups is 2. The Labute approximate surface area is 165 Å². The van der Waals surface area contributed by atoms with Gasteiger partial charge in [-0.1, -0.05) is 24.3 Å². The number of nitrogens with two attached hydrogens (primary N) is 1. The number of nitrogen functional groups attached to an aromatic ring is 1. The van der Waals surface area contributed by atoms with Crippen LogP contribution in [0, 0.1) is 0 Å². The lowest BCUT2D eigenvalue weighted by atomic mass is 10.3. The number of nitrogens with one attached hydrogen (secondary N) is 2. The zero-order valence-electron chi connectivity index (χ0n) is 14.8. The van der Waals surface area contributed by atoms with Gasteiger partial charge in [-0.2, -0.15) is 15.0 Å². The lowest BCUT2D eigenvalue weighted by Gasteiger charge is -2.08. The van der Waals surface area contributed by atoms with Crippen LogP contribution >= 0.6 is 11.3 Å². The summed E-state index contributed by atoms with van der Waals surface area (Å²) in [4.78, 5) is 36.4. The van der Waals surface area contributed by atoms with E-state index in [4.69, 9.17) is 10.5 Å². The van der Waals surface area contributed by atoms with Gasteiger partial charge in [0.2, 0.25) is 11.9 Å². The van der Waals surface area contributed by atoms with Crippen LogP contribution in [0.15, 0.2) is 47.8 Å². The van der Waals surface area contributed by atoms with Crippen molar-refractivity contribution in [3.8, 4) is 0 Å². The monoisotopic (exact) mass is 398 g/mol. The second-order valence-corrected chi connectivity index (χ2v) is 6.52. The van der Waals surface area contributed by atoms with Gasteiger partial charge in [-0.25, -0.2) is 0 Å². The molecule has 1 aromatic carbocycles. The number of ether oxygens (including phenoxy) is 1. The zero-order chi connectivity index (χ0) is 19.8. The van der Waals surface area contributed by atoms with E-state index in [1.54, 1.807) is 12.1 Å². The molecule has 10 heteroatoms. The third-order valence-electron chi connectivity index (χ3n) is 3.45. The van der Waals surface area contributed by atoms with E-state index in [-0.39, 0.29) is 43.2 Å². The molecule has 0 atom stereocenters. The van der Waals surface area contributed by atoms with Crippen molar-refractivity contribution in [2.45, 2.75) is 13.0 Å². The third-order valence-corrected chi connectivity index (χ3v) is 4.32. The standard InChI is InChI=1S/C18H18N6O3S/c19-17-22-14(23-18(24-17)21-12-5-2-1-3-6-12)11-27-15(25)8-9-20-16(26)13-7-4-10-28-13/h1-7,10H,8-9,11H2,(H,20,26)(H3,19,21,22,23,24). The molecular weight excluding hydrogens is 380 g/mol. The summed E-state index contributed by atoms with van der Waals surface area (Å²) < 4.78 is 5.14. The smallest absolute Gasteiger partial charge is 0.308 e. The van der Waals surface area contributed by atoms with Gasteiger partial charge in [0.15, 0.2) is 12.4 Å². The minimum Gasteiger partial charge on any atom is -0.457 e. The molecule has 0 aliphatic heterocycles. The highest BCUT2D eigenvalue weighted by Crippen LogP contribution is 2.13. The first-order chi connectivity index (χ1) is 13.6. The summed E-state index contributed by atoms with van der Waals surface area (Å²) in [5.74, 6) is -0.203. The van der Waals surface area contributed by atoms with Crippen molar-refractivity contribution < 1.29 is 14.3 Å². The number of thiophene rings is 1. The van der Waals surface area contributed by atoms with E-state index < -0.39 is 5.97 Å². The highest BCUT2D eigenvalue weighted by Gasteiger charge is 2.10. The predicted octanol–water partition coefficient (Wildman–Crippen LogP) is 2.12. The number of anilines is 3. The Bertz CT molecular complexity index is 934. The number of esters is 1. The van der Waals surface area contributed by atoms with Crippen LogP contribution in [0.5, 0.6) is 0 Å². The van der Waals surface area contributed by atoms with Gasteiger partial charge in [-0.3, -0.25) is 9.59 Å². The Morgan fingerprint density at radius 1 is 1.07 bits per heavy atom. The molecule has 3 rings (SSSR count). The molecule has 0 fully saturated rings. The summed E-state index contributed by atoms with van der Waals surface area (Å²) >= 11 is 1.33. The number of aromatic nitrogens is 3. The Hall–Kier alpha value is -3.53. The van der Waals surface area contributed by atoms with Crippen molar-refractivity contribution in [1.82, 2.24) is 20.3 Å². The minimum absolute atomic E-state index is 0.0164. The van der Waals surface area contributed by atoms with E-state index in [1.165, 1.54) is 11.3 Å². The molecule has 0 bridgehead atoms. The van der Waals surface area contributed by atoms with Crippen molar-refractivity contribution in [3.63, 3.8) is 0 Å². The van der Waals surface area contributed by atoms with E-state index in [2.05, 4.69) is 25.6 Å². The van der Waals surface area contributed by atoms with E-state index in [1.807, 2.05) is 35.7 Å². The van der Waals surface area contributed by atoms with Crippen molar-refractivity contribution in [3.05, 3.63) is 58.5 Å². The second-order valence-electron chi connectivity index (χ2n) is 5.57. The number of carbonyl (C=O) groups excluding carboxylic acids is 2. The third kappa shape index (κ3) is 5.74. The summed E-state index contributed by atoms with van der Waals surface area (Å²) in [5.41, 5.74) is 6.48. The summed E-state index contributed by atoms with van der Waals surface area (Å²) in [6, 6.07) is 12.8. The molecule has 0 aliphatic rings. The maximum Gasteiger partial charge on any atom is 0.308 e. The van der Waals surface area contributed by atoms with Crippen LogP contribution in [0.1, 0.15) is 21.9 Å². The van der Waals surface area contributed by atoms with Gasteiger partial charge in [0.05, 0.1) is 11.3 Å². The molecule has 144 valence electrons. The number of rotatable bonds is 8. The predicted molar refractivity (Wildman–Crippen MR) is 105 cm³/mol. The van der Waals surface area contributed by atoms with Gasteiger partial charge >= 0.3 is 5.97 Å². The summed E-state index contributed by atoms with van der Waals surface area (Å²) in [5, 5.41) is 7.47. The Morgan fingerprint density at radius 2 is 1.89 bits per heavy atom. The first-order valence-electron chi connectivity index (χ1n) is 8.40. The molecule has 9 nitrogen and oxygen atoms in total. The van der Waals surface area contributed by atoms with Gasteiger partial charge in [0.1, 0.15) is 0 Å². The van der Waals surface area contributed by atoms with Crippen molar-refractivity contribution in [1.29, 1.82) is 0 Å². The quantitative estimate of drug-likeness (QED) is 0.492. The van der Waals surface area contributed by atoms with Gasteiger partial charge < -0.3 is 21.1 Å². The van der Waals surface area contributed by atoms with Crippen molar-refractivity contribution >= 4 is 40.8 Å². The number of nitrogens with zero attached hydrogens (tertiary/aromatic N) is 3. The Kier molecular flexibility index (Phi) is 6.47. The molecule has 0 aliphatic carbocycles. The van der Waals surface area contributed by atoms with Crippen LogP contribution in [-0.4, -0.2) is 33.4 Å². The van der Waals surface area contributed by atoms with Gasteiger partial charge in [-0.15, -0.1) is 11.3 Å². The maximum atomic E-state index is 11.9. The van der Waals surface area contributed by atoms with Crippen LogP contribution in [-0.2, 0) is 16.1 Å². The molecule has 28 heavy (non-hydrogen) atoms. The molecule has 0 radical (unpaired) electrons. The van der Waals surface area contributed by atoms with Crippen molar-refractivity contribution in [2.75, 3.05) is 17.6 Å². The van der Waals surface area contributed by atoms with E-state index in [9.17, 15) is 9.59 Å². The van der Waals surface area contributed by atoms with E-state index in [0.29, 0.717) is 4.88 Å². The number of amides is 1. The average Bonchev–Trinajstić information content (AvgIpc) is 3.22. The van der Waals surface area contributed by atoms with Crippen molar-refractivity contribution in [2.24, 2.45) is 0 Å². The highest BCUT2D eigenvalue weighted by atomic mass is 32.1. The largest absolute Gasteiger partial charge is 0.457 e. The van der Waals surface area contributed by atoms with Crippen LogP contribution in [0.4, 0.5) is 17.6 Å². The van der Waals surface area contributed by atoms with E-state index in [0.717, 1.165) is 5.69 Å². The number of benzene rings is 1. The maximum absolute atomic E-state index is 11.9. The van der Waals surface area contributed by atoms with Crippen LogP contribution in [0.25, 0.3) is 0 Å². The fourth-order valence-electron chi connectivity index (χ4n) is 2.20. The van der Waals surface area contributed by atoms with Gasteiger partial charge in [-0.05, 0) is 23.6 Å². The lowest BCUT2D eigenvalue weighted by Crippen LogP contribution is -2.25. The fourth-order valence-corrected chi connectivity index (χ4v) is 2.84. The molecule has 2 aromatic heterocycles. The minimum atomic E-state index is -0.483. The Morgan fingerprint density at radius 3 is 2.64 bits per heavy atom. The molecule has 0 saturated carbocycles. The summed E-state index contributed by atoms with van der Waals surface area (Å²) in [6.07, 6.45) is 0.0345. The lowest BCUT2D eigenvalue weighted by molar-refractivity contribution is -0.145. The van der Waals surface area contributed by atoms with E-state index >= 15 is 0 Å². The average molecular weight is 398 g/mol. The molecule has 0 unspecified atom stereocenters. The SMILES string of the molecule is Nc1nc(COC(=O)CCNC(=O)c2cccs2)nc(Nc2ccccc2)n1. The molecule has 2 heterocycles. The Balaban J connectivity index is 1.47. The first kappa shape index (κ1) is 19.2. The number of hydrogen-bond donors (Lipinski definition) is 3. The number of para-hydroxylation sites is 1. The summed E-state index contributed by atoms with van der Waals surface area (Å²) in [6.45, 7) is 0.0314. The summed E-state index contributed by atoms with van der Waals surface area (Å²) in [7, 11) is 0. The molecule has 0 saturated heterocycles. The van der Waals surface area contributed by atoms with Gasteiger partial charge in [0, 0.05) is 12.2 Å². The molecular formula is C18H18N6O3S. The molecule has 3 aromatic rings. The van der Waals surface area contributed by atoms with Gasteiger partial charge in [0.25, 0.3) is 5.91 Å². The highest BCUT2D eigenvalue weighted by molar-refractivity contribution is 7.12. The molecule has 4 N–H and O–H groups in total. The molecule has 0 spiro atoms. The van der Waals surface area contributed by atoms with Crippen LogP contribution in [0.3, 0.4) is 0 Å². The second kappa shape index (κ2) is 9.42. The van der Waals surface area contributed by atoms with Crippen LogP contribution in [0.2, 0.25) is 0 Å². The fraction of sp³-hybridized carbons (Fsp3) is 0.167. The van der Waals surface area contributed by atoms with Crippen LogP contribution < -0.4 is 16.4 Å². The zero-order valence-corrected chi connectivity index (χ0v) is 15.6. The molecule has 1 amide bonds.